The van der Waals surface area contributed by atoms with Gasteiger partial charge in [-0.05, 0) is 68.2 Å². The van der Waals surface area contributed by atoms with Crippen molar-refractivity contribution in [3.63, 3.8) is 0 Å². The van der Waals surface area contributed by atoms with Crippen molar-refractivity contribution in [2.75, 3.05) is 45.8 Å². The summed E-state index contributed by atoms with van der Waals surface area (Å²) in [5, 5.41) is 15.6. The molecule has 3 N–H and O–H groups in total. The Balaban J connectivity index is 1.03. The number of fused-ring (bicyclic) bond motifs is 3. The topological polar surface area (TPSA) is 131 Å². The number of carbonyl (C=O) groups excluding carboxylic acids is 2. The highest BCUT2D eigenvalue weighted by Crippen LogP contribution is 2.63. The number of rotatable bonds is 14. The first-order valence-corrected chi connectivity index (χ1v) is 19.7. The zero-order valence-corrected chi connectivity index (χ0v) is 33.4. The average Bonchev–Trinajstić information content (AvgIpc) is 3.89. The van der Waals surface area contributed by atoms with Crippen LogP contribution in [-0.2, 0) is 36.1 Å². The number of methoxy groups -OCH3 is 2. The van der Waals surface area contributed by atoms with Gasteiger partial charge in [0.05, 0.1) is 47.7 Å². The van der Waals surface area contributed by atoms with E-state index in [1.165, 1.54) is 32.6 Å². The van der Waals surface area contributed by atoms with Gasteiger partial charge in [-0.3, -0.25) is 19.5 Å². The molecule has 2 aromatic carbocycles. The number of esters is 1. The van der Waals surface area contributed by atoms with Gasteiger partial charge in [0.15, 0.2) is 5.82 Å². The fourth-order valence-electron chi connectivity index (χ4n) is 8.85. The van der Waals surface area contributed by atoms with Crippen LogP contribution < -0.4 is 15.4 Å². The number of pyridine rings is 1. The second-order valence-electron chi connectivity index (χ2n) is 15.2. The van der Waals surface area contributed by atoms with E-state index in [1.54, 1.807) is 36.4 Å². The molecule has 3 aliphatic rings. The van der Waals surface area contributed by atoms with Gasteiger partial charge >= 0.3 is 5.97 Å². The van der Waals surface area contributed by atoms with Gasteiger partial charge in [0.2, 0.25) is 0 Å². The molecule has 1 amide bonds. The number of halogens is 3. The van der Waals surface area contributed by atoms with Crippen LogP contribution in [0, 0.1) is 10.8 Å². The third-order valence-corrected chi connectivity index (χ3v) is 12.8. The van der Waals surface area contributed by atoms with E-state index in [1.807, 2.05) is 11.6 Å². The number of anilines is 1. The summed E-state index contributed by atoms with van der Waals surface area (Å²) in [5.41, 5.74) is 4.57. The van der Waals surface area contributed by atoms with Crippen molar-refractivity contribution >= 4 is 52.7 Å². The summed E-state index contributed by atoms with van der Waals surface area (Å²) in [7, 11) is 4.86. The number of imidazole rings is 1. The Morgan fingerprint density at radius 1 is 1.07 bits per heavy atom. The highest BCUT2D eigenvalue weighted by molar-refractivity contribution is 6.39. The molecule has 0 unspecified atom stereocenters. The van der Waals surface area contributed by atoms with Crippen molar-refractivity contribution in [3.8, 4) is 16.9 Å². The highest BCUT2D eigenvalue weighted by atomic mass is 35.5. The normalized spacial score (nSPS) is 20.6. The monoisotopic (exact) mass is 804 g/mol. The molecule has 2 aromatic heterocycles. The molecular weight excluding hydrogens is 758 g/mol. The number of hydrogen-bond acceptors (Lipinski definition) is 9. The van der Waals surface area contributed by atoms with Crippen molar-refractivity contribution in [1.29, 1.82) is 0 Å². The zero-order chi connectivity index (χ0) is 39.6. The Labute approximate surface area is 336 Å². The Morgan fingerprint density at radius 3 is 2.55 bits per heavy atom. The highest BCUT2D eigenvalue weighted by Gasteiger charge is 2.58. The molecule has 56 heavy (non-hydrogen) atoms. The molecule has 11 nitrogen and oxygen atoms in total. The fourth-order valence-corrected chi connectivity index (χ4v) is 9.41. The van der Waals surface area contributed by atoms with E-state index < -0.39 is 5.83 Å². The number of nitrogens with one attached hydrogen (secondary N) is 2. The van der Waals surface area contributed by atoms with Crippen molar-refractivity contribution in [1.82, 2.24) is 24.8 Å². The first-order valence-electron chi connectivity index (χ1n) is 19.0. The Bertz CT molecular complexity index is 2160. The molecule has 296 valence electrons. The summed E-state index contributed by atoms with van der Waals surface area (Å²) in [5.74, 6) is -0.287. The zero-order valence-electron chi connectivity index (χ0n) is 31.9. The lowest BCUT2D eigenvalue weighted by molar-refractivity contribution is -0.152. The number of nitrogens with zero attached hydrogens (tertiary/aromatic N) is 4. The van der Waals surface area contributed by atoms with Crippen molar-refractivity contribution < 1.29 is 28.6 Å². The Morgan fingerprint density at radius 2 is 1.82 bits per heavy atom. The van der Waals surface area contributed by atoms with E-state index >= 15 is 4.39 Å². The number of benzene rings is 2. The van der Waals surface area contributed by atoms with E-state index in [9.17, 15) is 9.59 Å². The standard InChI is InChI=1S/C42H47Cl2FN6O5/c1-50-34-10-17-51(18-15-41-11-13-42(25-41,14-12-41)40(54)56-3)24-33(34)48-38(50)39(53)49-31-9-5-8-29(37(31)44)28-7-4-6-26(36(28)43)20-30(45)32-21-35(55-2)27(23-47-32)22-46-16-19-52/h4-9,20-21,23,46,52H,10-19,22,24-25H2,1-3H3,(H,49,53)/b30-20-. The lowest BCUT2D eigenvalue weighted by atomic mass is 9.80. The van der Waals surface area contributed by atoms with Gasteiger partial charge in [-0.25, -0.2) is 9.37 Å². The largest absolute Gasteiger partial charge is 0.496 e. The molecule has 3 heterocycles. The van der Waals surface area contributed by atoms with Crippen LogP contribution in [0.2, 0.25) is 10.0 Å². The number of carbonyl (C=O) groups is 2. The number of aliphatic hydroxyl groups is 1. The van der Waals surface area contributed by atoms with E-state index in [-0.39, 0.29) is 45.1 Å². The SMILES string of the molecule is COC(=O)C12CCC(CCN3CCc4c(nc(C(=O)Nc5cccc(-c6cccc(/C=C(\F)c7cc(OC)c(CNCCO)cn7)c6Cl)c5Cl)n4C)C3)(CC1)C2. The molecule has 1 aliphatic heterocycles. The summed E-state index contributed by atoms with van der Waals surface area (Å²) < 4.78 is 28.1. The summed E-state index contributed by atoms with van der Waals surface area (Å²) in [6, 6.07) is 12.0. The smallest absolute Gasteiger partial charge is 0.311 e. The molecule has 2 aliphatic carbocycles. The minimum atomic E-state index is -0.612. The van der Waals surface area contributed by atoms with E-state index in [2.05, 4.69) is 20.5 Å². The van der Waals surface area contributed by atoms with Gasteiger partial charge in [0.1, 0.15) is 17.3 Å². The number of aliphatic hydroxyl groups excluding tert-OH is 1. The summed E-state index contributed by atoms with van der Waals surface area (Å²) in [6.07, 6.45) is 9.56. The molecule has 4 aromatic rings. The summed E-state index contributed by atoms with van der Waals surface area (Å²) in [4.78, 5) is 37.7. The van der Waals surface area contributed by atoms with E-state index in [0.717, 1.165) is 75.0 Å². The molecule has 7 rings (SSSR count). The lowest BCUT2D eigenvalue weighted by Gasteiger charge is -2.32. The van der Waals surface area contributed by atoms with Crippen LogP contribution in [0.25, 0.3) is 23.0 Å². The van der Waals surface area contributed by atoms with Crippen molar-refractivity contribution in [3.05, 3.63) is 92.7 Å². The Kier molecular flexibility index (Phi) is 11.9. The molecule has 14 heteroatoms. The second kappa shape index (κ2) is 16.6. The lowest BCUT2D eigenvalue weighted by Crippen LogP contribution is -2.34. The number of ether oxygens (including phenoxy) is 2. The van der Waals surface area contributed by atoms with Gasteiger partial charge in [-0.2, -0.15) is 0 Å². The molecule has 0 radical (unpaired) electrons. The van der Waals surface area contributed by atoms with E-state index in [4.69, 9.17) is 42.8 Å². The maximum absolute atomic E-state index is 15.6. The van der Waals surface area contributed by atoms with Crippen LogP contribution >= 0.6 is 23.2 Å². The van der Waals surface area contributed by atoms with Crippen LogP contribution in [0.5, 0.6) is 5.75 Å². The molecule has 0 atom stereocenters. The molecule has 2 bridgehead atoms. The van der Waals surface area contributed by atoms with Crippen LogP contribution in [0.15, 0.2) is 48.7 Å². The number of hydrogen-bond donors (Lipinski definition) is 3. The number of amides is 1. The van der Waals surface area contributed by atoms with Crippen LogP contribution in [-0.4, -0.2) is 76.9 Å². The second-order valence-corrected chi connectivity index (χ2v) is 16.0. The predicted octanol–water partition coefficient (Wildman–Crippen LogP) is 7.47. The fraction of sp³-hybridized carbons (Fsp3) is 0.429. The summed E-state index contributed by atoms with van der Waals surface area (Å²) >= 11 is 13.8. The molecule has 0 spiro atoms. The molecular formula is C42H47Cl2FN6O5. The quantitative estimate of drug-likeness (QED) is 0.0878. The predicted molar refractivity (Wildman–Crippen MR) is 215 cm³/mol. The van der Waals surface area contributed by atoms with Crippen molar-refractivity contribution in [2.24, 2.45) is 17.9 Å². The molecule has 0 saturated heterocycles. The van der Waals surface area contributed by atoms with Crippen LogP contribution in [0.3, 0.4) is 0 Å². The van der Waals surface area contributed by atoms with Gasteiger partial charge in [0, 0.05) is 74.3 Å². The average molecular weight is 806 g/mol. The van der Waals surface area contributed by atoms with Crippen molar-refractivity contribution in [2.45, 2.75) is 58.0 Å². The van der Waals surface area contributed by atoms with Gasteiger partial charge in [-0.1, -0.05) is 53.5 Å². The van der Waals surface area contributed by atoms with Crippen LogP contribution in [0.1, 0.15) is 77.4 Å². The molecule has 2 saturated carbocycles. The first kappa shape index (κ1) is 39.9. The third kappa shape index (κ3) is 7.82. The minimum absolute atomic E-state index is 0.00757. The maximum atomic E-state index is 15.6. The summed E-state index contributed by atoms with van der Waals surface area (Å²) in [6.45, 7) is 3.26. The van der Waals surface area contributed by atoms with Gasteiger partial charge < -0.3 is 29.8 Å². The number of aromatic nitrogens is 3. The van der Waals surface area contributed by atoms with Gasteiger partial charge in [0.25, 0.3) is 5.91 Å². The molecule has 2 fully saturated rings. The minimum Gasteiger partial charge on any atom is -0.496 e. The van der Waals surface area contributed by atoms with Gasteiger partial charge in [-0.15, -0.1) is 0 Å². The Hall–Kier alpha value is -4.33. The first-order chi connectivity index (χ1) is 27.0. The third-order valence-electron chi connectivity index (χ3n) is 12.0. The van der Waals surface area contributed by atoms with E-state index in [0.29, 0.717) is 53.6 Å². The maximum Gasteiger partial charge on any atom is 0.311 e. The van der Waals surface area contributed by atoms with Crippen LogP contribution in [0.4, 0.5) is 10.1 Å².